The van der Waals surface area contributed by atoms with Crippen LogP contribution in [0, 0.1) is 0 Å². The zero-order valence-corrected chi connectivity index (χ0v) is 10.3. The van der Waals surface area contributed by atoms with Crippen LogP contribution in [0.4, 0.5) is 11.8 Å². The van der Waals surface area contributed by atoms with Crippen LogP contribution in [0.25, 0.3) is 0 Å². The predicted molar refractivity (Wildman–Crippen MR) is 69.6 cm³/mol. The molecule has 98 valence electrons. The number of nitrogens with one attached hydrogen (secondary N) is 2. The van der Waals surface area contributed by atoms with Gasteiger partial charge in [-0.3, -0.25) is 9.89 Å². The summed E-state index contributed by atoms with van der Waals surface area (Å²) >= 11 is 0. The topological polar surface area (TPSA) is 86.8 Å². The first-order valence-corrected chi connectivity index (χ1v) is 6.18. The highest BCUT2D eigenvalue weighted by Gasteiger charge is 2.32. The summed E-state index contributed by atoms with van der Waals surface area (Å²) in [6.45, 7) is 0.797. The maximum Gasteiger partial charge on any atom is 0.248 e. The van der Waals surface area contributed by atoms with Crippen LogP contribution in [0.15, 0.2) is 30.7 Å². The van der Waals surface area contributed by atoms with Gasteiger partial charge in [0, 0.05) is 25.0 Å². The average molecular weight is 258 g/mol. The van der Waals surface area contributed by atoms with Crippen LogP contribution in [0.5, 0.6) is 0 Å². The maximum absolute atomic E-state index is 12.2. The van der Waals surface area contributed by atoms with Gasteiger partial charge in [0.15, 0.2) is 0 Å². The molecule has 1 amide bonds. The van der Waals surface area contributed by atoms with E-state index in [2.05, 4.69) is 25.5 Å². The lowest BCUT2D eigenvalue weighted by Crippen LogP contribution is -2.40. The smallest absolute Gasteiger partial charge is 0.248 e. The average Bonchev–Trinajstić information content (AvgIpc) is 3.10. The zero-order chi connectivity index (χ0) is 13.1. The molecule has 7 nitrogen and oxygen atoms in total. The fourth-order valence-electron chi connectivity index (χ4n) is 2.26. The first kappa shape index (κ1) is 11.6. The molecule has 1 saturated heterocycles. The molecule has 0 radical (unpaired) electrons. The summed E-state index contributed by atoms with van der Waals surface area (Å²) in [6.07, 6.45) is 6.73. The van der Waals surface area contributed by atoms with Gasteiger partial charge in [-0.2, -0.15) is 5.10 Å². The molecule has 0 spiro atoms. The Labute approximate surface area is 110 Å². The van der Waals surface area contributed by atoms with E-state index in [9.17, 15) is 4.79 Å². The Morgan fingerprint density at radius 2 is 2.21 bits per heavy atom. The van der Waals surface area contributed by atoms with Crippen molar-refractivity contribution in [2.45, 2.75) is 18.9 Å². The Bertz CT molecular complexity index is 541. The van der Waals surface area contributed by atoms with Crippen LogP contribution >= 0.6 is 0 Å². The molecule has 1 fully saturated rings. The quantitative estimate of drug-likeness (QED) is 0.850. The SMILES string of the molecule is O=C(Nc1ccn[nH]1)C1CCCN1c1ncccn1. The Hall–Kier alpha value is -2.44. The lowest BCUT2D eigenvalue weighted by molar-refractivity contribution is -0.117. The van der Waals surface area contributed by atoms with E-state index >= 15 is 0 Å². The molecule has 1 atom stereocenters. The van der Waals surface area contributed by atoms with Gasteiger partial charge in [0.25, 0.3) is 0 Å². The van der Waals surface area contributed by atoms with Gasteiger partial charge in [0.2, 0.25) is 11.9 Å². The summed E-state index contributed by atoms with van der Waals surface area (Å²) in [5.74, 6) is 1.14. The summed E-state index contributed by atoms with van der Waals surface area (Å²) < 4.78 is 0. The number of carbonyl (C=O) groups excluding carboxylic acids is 1. The van der Waals surface area contributed by atoms with E-state index in [1.165, 1.54) is 0 Å². The molecule has 0 saturated carbocycles. The van der Waals surface area contributed by atoms with Crippen molar-refractivity contribution in [3.8, 4) is 0 Å². The molecular weight excluding hydrogens is 244 g/mol. The van der Waals surface area contributed by atoms with Gasteiger partial charge < -0.3 is 10.2 Å². The number of H-pyrrole nitrogens is 1. The van der Waals surface area contributed by atoms with Crippen LogP contribution < -0.4 is 10.2 Å². The molecule has 7 heteroatoms. The molecule has 3 heterocycles. The molecule has 2 aromatic heterocycles. The predicted octanol–water partition coefficient (Wildman–Crippen LogP) is 0.807. The number of carbonyl (C=O) groups is 1. The lowest BCUT2D eigenvalue weighted by atomic mass is 10.2. The van der Waals surface area contributed by atoms with Crippen molar-refractivity contribution in [2.75, 3.05) is 16.8 Å². The molecule has 2 aromatic rings. The van der Waals surface area contributed by atoms with Gasteiger partial charge >= 0.3 is 0 Å². The first-order chi connectivity index (χ1) is 9.34. The third-order valence-electron chi connectivity index (χ3n) is 3.12. The molecule has 3 rings (SSSR count). The van der Waals surface area contributed by atoms with Crippen LogP contribution in [0.2, 0.25) is 0 Å². The molecule has 0 bridgehead atoms. The first-order valence-electron chi connectivity index (χ1n) is 6.18. The third kappa shape index (κ3) is 2.40. The minimum absolute atomic E-state index is 0.0609. The van der Waals surface area contributed by atoms with E-state index in [-0.39, 0.29) is 11.9 Å². The van der Waals surface area contributed by atoms with Gasteiger partial charge in [-0.15, -0.1) is 0 Å². The number of amides is 1. The Morgan fingerprint density at radius 3 is 2.95 bits per heavy atom. The second-order valence-electron chi connectivity index (χ2n) is 4.36. The summed E-state index contributed by atoms with van der Waals surface area (Å²) in [5, 5.41) is 9.32. The van der Waals surface area contributed by atoms with E-state index in [1.807, 2.05) is 4.90 Å². The molecule has 1 aliphatic rings. The lowest BCUT2D eigenvalue weighted by Gasteiger charge is -2.23. The molecule has 1 aliphatic heterocycles. The Kier molecular flexibility index (Phi) is 3.09. The Morgan fingerprint density at radius 1 is 1.37 bits per heavy atom. The van der Waals surface area contributed by atoms with Crippen LogP contribution in [0.3, 0.4) is 0 Å². The summed E-state index contributed by atoms with van der Waals surface area (Å²) in [7, 11) is 0. The highest BCUT2D eigenvalue weighted by Crippen LogP contribution is 2.22. The number of rotatable bonds is 3. The van der Waals surface area contributed by atoms with E-state index in [1.54, 1.807) is 30.7 Å². The fourth-order valence-corrected chi connectivity index (χ4v) is 2.26. The van der Waals surface area contributed by atoms with Crippen molar-refractivity contribution in [1.29, 1.82) is 0 Å². The van der Waals surface area contributed by atoms with Gasteiger partial charge in [-0.05, 0) is 18.9 Å². The highest BCUT2D eigenvalue weighted by molar-refractivity contribution is 5.96. The van der Waals surface area contributed by atoms with Gasteiger partial charge in [0.05, 0.1) is 6.20 Å². The number of aromatic amines is 1. The Balaban J connectivity index is 1.74. The molecule has 1 unspecified atom stereocenters. The highest BCUT2D eigenvalue weighted by atomic mass is 16.2. The minimum Gasteiger partial charge on any atom is -0.329 e. The number of anilines is 2. The maximum atomic E-state index is 12.2. The number of hydrogen-bond donors (Lipinski definition) is 2. The van der Waals surface area contributed by atoms with Gasteiger partial charge in [-0.25, -0.2) is 9.97 Å². The van der Waals surface area contributed by atoms with Gasteiger partial charge in [0.1, 0.15) is 11.9 Å². The van der Waals surface area contributed by atoms with Crippen molar-refractivity contribution in [3.05, 3.63) is 30.7 Å². The summed E-state index contributed by atoms with van der Waals surface area (Å²) in [5.41, 5.74) is 0. The van der Waals surface area contributed by atoms with Crippen molar-refractivity contribution in [2.24, 2.45) is 0 Å². The van der Waals surface area contributed by atoms with E-state index in [0.717, 1.165) is 19.4 Å². The monoisotopic (exact) mass is 258 g/mol. The van der Waals surface area contributed by atoms with Crippen LogP contribution in [-0.2, 0) is 4.79 Å². The van der Waals surface area contributed by atoms with E-state index in [0.29, 0.717) is 11.8 Å². The third-order valence-corrected chi connectivity index (χ3v) is 3.12. The standard InChI is InChI=1S/C12H14N6O/c19-11(16-10-4-7-15-17-10)9-3-1-8-18(9)12-13-5-2-6-14-12/h2,4-7,9H,1,3,8H2,(H2,15,16,17,19). The second-order valence-corrected chi connectivity index (χ2v) is 4.36. The minimum atomic E-state index is -0.231. The van der Waals surface area contributed by atoms with Crippen LogP contribution in [0.1, 0.15) is 12.8 Å². The second kappa shape index (κ2) is 5.05. The zero-order valence-electron chi connectivity index (χ0n) is 10.3. The van der Waals surface area contributed by atoms with Crippen molar-refractivity contribution in [3.63, 3.8) is 0 Å². The van der Waals surface area contributed by atoms with E-state index < -0.39 is 0 Å². The van der Waals surface area contributed by atoms with Gasteiger partial charge in [-0.1, -0.05) is 0 Å². The molecule has 0 aliphatic carbocycles. The normalized spacial score (nSPS) is 18.5. The van der Waals surface area contributed by atoms with Crippen molar-refractivity contribution in [1.82, 2.24) is 20.2 Å². The van der Waals surface area contributed by atoms with Crippen molar-refractivity contribution < 1.29 is 4.79 Å². The van der Waals surface area contributed by atoms with Crippen LogP contribution in [-0.4, -0.2) is 38.7 Å². The molecule has 2 N–H and O–H groups in total. The largest absolute Gasteiger partial charge is 0.329 e. The molecule has 0 aromatic carbocycles. The van der Waals surface area contributed by atoms with E-state index in [4.69, 9.17) is 0 Å². The van der Waals surface area contributed by atoms with Crippen molar-refractivity contribution >= 4 is 17.7 Å². The molecule has 19 heavy (non-hydrogen) atoms. The summed E-state index contributed by atoms with van der Waals surface area (Å²) in [4.78, 5) is 22.6. The number of nitrogens with zero attached hydrogens (tertiary/aromatic N) is 4. The molecular formula is C12H14N6O. The summed E-state index contributed by atoms with van der Waals surface area (Å²) in [6, 6.07) is 3.25. The number of hydrogen-bond acceptors (Lipinski definition) is 5. The number of aromatic nitrogens is 4. The fraction of sp³-hybridized carbons (Fsp3) is 0.333.